The highest BCUT2D eigenvalue weighted by Crippen LogP contribution is 2.28. The topological polar surface area (TPSA) is 61.7 Å². The zero-order chi connectivity index (χ0) is 13.8. The fraction of sp³-hybridized carbons (Fsp3) is 0.143. The summed E-state index contributed by atoms with van der Waals surface area (Å²) in [4.78, 5) is 0. The molecular formula is C14H14ClNO3. The lowest BCUT2D eigenvalue weighted by Gasteiger charge is -2.09. The smallest absolute Gasteiger partial charge is 0.160 e. The van der Waals surface area contributed by atoms with Gasteiger partial charge in [-0.3, -0.25) is 0 Å². The molecule has 2 rings (SSSR count). The highest BCUT2D eigenvalue weighted by molar-refractivity contribution is 6.32. The molecule has 5 heteroatoms. The van der Waals surface area contributed by atoms with E-state index in [2.05, 4.69) is 5.32 Å². The van der Waals surface area contributed by atoms with E-state index in [-0.39, 0.29) is 11.5 Å². The van der Waals surface area contributed by atoms with Gasteiger partial charge in [-0.2, -0.15) is 0 Å². The molecule has 0 atom stereocenters. The third kappa shape index (κ3) is 3.23. The molecule has 0 unspecified atom stereocenters. The molecule has 0 heterocycles. The normalized spacial score (nSPS) is 10.2. The van der Waals surface area contributed by atoms with Crippen LogP contribution >= 0.6 is 11.6 Å². The Bertz CT molecular complexity index is 587. The minimum atomic E-state index is 0.0503. The van der Waals surface area contributed by atoms with Crippen LogP contribution in [0.3, 0.4) is 0 Å². The second kappa shape index (κ2) is 5.71. The van der Waals surface area contributed by atoms with E-state index in [4.69, 9.17) is 16.3 Å². The number of methoxy groups -OCH3 is 1. The highest BCUT2D eigenvalue weighted by Gasteiger charge is 2.03. The van der Waals surface area contributed by atoms with Gasteiger partial charge in [-0.05, 0) is 35.9 Å². The van der Waals surface area contributed by atoms with E-state index in [1.165, 1.54) is 13.2 Å². The molecule has 0 aliphatic carbocycles. The van der Waals surface area contributed by atoms with Gasteiger partial charge >= 0.3 is 0 Å². The third-order valence-corrected chi connectivity index (χ3v) is 2.99. The first-order chi connectivity index (χ1) is 9.10. The van der Waals surface area contributed by atoms with Gasteiger partial charge in [-0.25, -0.2) is 0 Å². The van der Waals surface area contributed by atoms with Crippen LogP contribution in [0, 0.1) is 0 Å². The lowest BCUT2D eigenvalue weighted by Crippen LogP contribution is -1.99. The summed E-state index contributed by atoms with van der Waals surface area (Å²) in [7, 11) is 1.51. The van der Waals surface area contributed by atoms with Gasteiger partial charge in [0.1, 0.15) is 5.75 Å². The Hall–Kier alpha value is -2.07. The predicted octanol–water partition coefficient (Wildman–Crippen LogP) is 3.37. The van der Waals surface area contributed by atoms with E-state index in [0.717, 1.165) is 11.3 Å². The summed E-state index contributed by atoms with van der Waals surface area (Å²) < 4.78 is 4.98. The maximum atomic E-state index is 9.66. The largest absolute Gasteiger partial charge is 0.506 e. The first-order valence-electron chi connectivity index (χ1n) is 5.68. The summed E-state index contributed by atoms with van der Waals surface area (Å²) in [5, 5.41) is 22.4. The second-order valence-corrected chi connectivity index (χ2v) is 4.43. The number of hydrogen-bond donors (Lipinski definition) is 3. The summed E-state index contributed by atoms with van der Waals surface area (Å²) in [5.74, 6) is 0.594. The molecule has 2 aromatic rings. The van der Waals surface area contributed by atoms with E-state index >= 15 is 0 Å². The number of benzene rings is 2. The lowest BCUT2D eigenvalue weighted by molar-refractivity contribution is 0.373. The fourth-order valence-corrected chi connectivity index (χ4v) is 1.85. The maximum absolute atomic E-state index is 9.66. The van der Waals surface area contributed by atoms with Crippen molar-refractivity contribution in [1.82, 2.24) is 0 Å². The first-order valence-corrected chi connectivity index (χ1v) is 6.06. The predicted molar refractivity (Wildman–Crippen MR) is 75.1 cm³/mol. The quantitative estimate of drug-likeness (QED) is 0.751. The summed E-state index contributed by atoms with van der Waals surface area (Å²) >= 11 is 5.81. The van der Waals surface area contributed by atoms with Crippen LogP contribution in [0.25, 0.3) is 0 Å². The van der Waals surface area contributed by atoms with Crippen molar-refractivity contribution in [2.24, 2.45) is 0 Å². The number of nitrogens with one attached hydrogen (secondary N) is 1. The van der Waals surface area contributed by atoms with Gasteiger partial charge in [0.2, 0.25) is 0 Å². The molecule has 0 saturated heterocycles. The van der Waals surface area contributed by atoms with Crippen molar-refractivity contribution in [3.05, 3.63) is 47.0 Å². The SMILES string of the molecule is COc1ccc(CNc2ccc(O)c(Cl)c2)cc1O. The molecule has 0 bridgehead atoms. The van der Waals surface area contributed by atoms with Crippen molar-refractivity contribution < 1.29 is 14.9 Å². The molecule has 0 saturated carbocycles. The molecule has 0 fully saturated rings. The van der Waals surface area contributed by atoms with Crippen LogP contribution < -0.4 is 10.1 Å². The third-order valence-electron chi connectivity index (χ3n) is 2.69. The molecule has 4 nitrogen and oxygen atoms in total. The number of aromatic hydroxyl groups is 2. The van der Waals surface area contributed by atoms with Crippen molar-refractivity contribution in [2.45, 2.75) is 6.54 Å². The average molecular weight is 280 g/mol. The number of halogens is 1. The zero-order valence-electron chi connectivity index (χ0n) is 10.4. The Labute approximate surface area is 116 Å². The lowest BCUT2D eigenvalue weighted by atomic mass is 10.2. The summed E-state index contributed by atoms with van der Waals surface area (Å²) in [6.07, 6.45) is 0. The molecule has 19 heavy (non-hydrogen) atoms. The van der Waals surface area contributed by atoms with E-state index in [1.54, 1.807) is 24.3 Å². The van der Waals surface area contributed by atoms with E-state index in [1.807, 2.05) is 6.07 Å². The van der Waals surface area contributed by atoms with Gasteiger partial charge in [0.25, 0.3) is 0 Å². The maximum Gasteiger partial charge on any atom is 0.160 e. The molecule has 0 aromatic heterocycles. The monoisotopic (exact) mass is 279 g/mol. The van der Waals surface area contributed by atoms with Crippen molar-refractivity contribution in [3.63, 3.8) is 0 Å². The van der Waals surface area contributed by atoms with Gasteiger partial charge in [-0.1, -0.05) is 17.7 Å². The van der Waals surface area contributed by atoms with Crippen LogP contribution in [-0.4, -0.2) is 17.3 Å². The molecule has 100 valence electrons. The molecule has 0 spiro atoms. The van der Waals surface area contributed by atoms with Crippen LogP contribution in [0.5, 0.6) is 17.2 Å². The number of rotatable bonds is 4. The van der Waals surface area contributed by atoms with Crippen molar-refractivity contribution >= 4 is 17.3 Å². The van der Waals surface area contributed by atoms with Gasteiger partial charge < -0.3 is 20.3 Å². The Balaban J connectivity index is 2.05. The van der Waals surface area contributed by atoms with Gasteiger partial charge in [0.15, 0.2) is 11.5 Å². The van der Waals surface area contributed by atoms with Crippen LogP contribution in [0.1, 0.15) is 5.56 Å². The minimum Gasteiger partial charge on any atom is -0.506 e. The molecule has 0 aliphatic heterocycles. The number of phenolic OH excluding ortho intramolecular Hbond substituents is 2. The Morgan fingerprint density at radius 3 is 2.53 bits per heavy atom. The van der Waals surface area contributed by atoms with Crippen molar-refractivity contribution in [3.8, 4) is 17.2 Å². The Kier molecular flexibility index (Phi) is 4.02. The van der Waals surface area contributed by atoms with E-state index in [9.17, 15) is 10.2 Å². The average Bonchev–Trinajstić information content (AvgIpc) is 2.40. The number of hydrogen-bond acceptors (Lipinski definition) is 4. The molecule has 0 radical (unpaired) electrons. The summed E-state index contributed by atoms with van der Waals surface area (Å²) in [6, 6.07) is 10.1. The second-order valence-electron chi connectivity index (χ2n) is 4.03. The standard InChI is InChI=1S/C14H14ClNO3/c1-19-14-5-2-9(6-13(14)18)8-16-10-3-4-12(17)11(15)7-10/h2-7,16-18H,8H2,1H3. The van der Waals surface area contributed by atoms with Crippen LogP contribution in [0.2, 0.25) is 5.02 Å². The Morgan fingerprint density at radius 2 is 1.89 bits per heavy atom. The summed E-state index contributed by atoms with van der Waals surface area (Å²) in [6.45, 7) is 0.526. The zero-order valence-corrected chi connectivity index (χ0v) is 11.1. The van der Waals surface area contributed by atoms with Gasteiger partial charge in [0.05, 0.1) is 12.1 Å². The molecule has 0 aliphatic rings. The fourth-order valence-electron chi connectivity index (χ4n) is 1.67. The minimum absolute atomic E-state index is 0.0503. The first kappa shape index (κ1) is 13.4. The Morgan fingerprint density at radius 1 is 1.11 bits per heavy atom. The van der Waals surface area contributed by atoms with Crippen molar-refractivity contribution in [2.75, 3.05) is 12.4 Å². The molecule has 2 aromatic carbocycles. The highest BCUT2D eigenvalue weighted by atomic mass is 35.5. The van der Waals surface area contributed by atoms with E-state index < -0.39 is 0 Å². The number of phenols is 2. The molecule has 0 amide bonds. The molecule has 3 N–H and O–H groups in total. The van der Waals surface area contributed by atoms with Gasteiger partial charge in [-0.15, -0.1) is 0 Å². The number of ether oxygens (including phenoxy) is 1. The van der Waals surface area contributed by atoms with Crippen LogP contribution in [0.15, 0.2) is 36.4 Å². The van der Waals surface area contributed by atoms with Gasteiger partial charge in [0, 0.05) is 12.2 Å². The molecular weight excluding hydrogens is 266 g/mol. The summed E-state index contributed by atoms with van der Waals surface area (Å²) in [5.41, 5.74) is 1.70. The van der Waals surface area contributed by atoms with Crippen molar-refractivity contribution in [1.29, 1.82) is 0 Å². The van der Waals surface area contributed by atoms with Crippen LogP contribution in [-0.2, 0) is 6.54 Å². The number of anilines is 1. The van der Waals surface area contributed by atoms with Crippen LogP contribution in [0.4, 0.5) is 5.69 Å². The van der Waals surface area contributed by atoms with E-state index in [0.29, 0.717) is 17.3 Å².